The summed E-state index contributed by atoms with van der Waals surface area (Å²) in [6.45, 7) is 1.50. The Hall–Kier alpha value is -2.21. The molecule has 7 nitrogen and oxygen atoms in total. The molecule has 0 radical (unpaired) electrons. The monoisotopic (exact) mass is 517 g/mol. The molecule has 1 fully saturated rings. The third kappa shape index (κ3) is 6.93. The van der Waals surface area contributed by atoms with Crippen molar-refractivity contribution in [2.45, 2.75) is 69.5 Å². The summed E-state index contributed by atoms with van der Waals surface area (Å²) in [6.07, 6.45) is 2.49. The zero-order chi connectivity index (χ0) is 25.0. The highest BCUT2D eigenvalue weighted by atomic mass is 32.1. The van der Waals surface area contributed by atoms with Crippen LogP contribution in [-0.2, 0) is 31.1 Å². The van der Waals surface area contributed by atoms with Crippen molar-refractivity contribution >= 4 is 17.2 Å². The fourth-order valence-corrected chi connectivity index (χ4v) is 5.68. The summed E-state index contributed by atoms with van der Waals surface area (Å²) in [5, 5.41) is 7.00. The molecule has 2 aliphatic rings. The minimum Gasteiger partial charge on any atom is -0.464 e. The third-order valence-corrected chi connectivity index (χ3v) is 7.89. The number of rotatable bonds is 9. The number of halogens is 4. The molecule has 0 bridgehead atoms. The van der Waals surface area contributed by atoms with E-state index in [1.165, 1.54) is 24.6 Å². The van der Waals surface area contributed by atoms with E-state index in [9.17, 15) is 18.0 Å². The van der Waals surface area contributed by atoms with Gasteiger partial charge in [0, 0.05) is 49.6 Å². The second-order valence-electron chi connectivity index (χ2n) is 9.40. The molecule has 1 N–H and O–H groups in total. The largest absolute Gasteiger partial charge is 0.464 e. The van der Waals surface area contributed by atoms with E-state index in [2.05, 4.69) is 20.3 Å². The molecule has 12 heteroatoms. The van der Waals surface area contributed by atoms with E-state index in [0.717, 1.165) is 34.8 Å². The first-order valence-corrected chi connectivity index (χ1v) is 12.8. The van der Waals surface area contributed by atoms with Crippen molar-refractivity contribution < 1.29 is 27.1 Å². The van der Waals surface area contributed by atoms with Crippen LogP contribution in [0.25, 0.3) is 0 Å². The molecule has 2 aromatic heterocycles. The quantitative estimate of drug-likeness (QED) is 0.516. The molecular formula is C23H31F4N5O2S. The highest BCUT2D eigenvalue weighted by molar-refractivity contribution is 7.13. The number of fused-ring (bicyclic) bond motifs is 1. The van der Waals surface area contributed by atoms with Gasteiger partial charge in [0.05, 0.1) is 18.3 Å². The molecule has 35 heavy (non-hydrogen) atoms. The van der Waals surface area contributed by atoms with E-state index in [1.807, 2.05) is 0 Å². The van der Waals surface area contributed by atoms with Gasteiger partial charge in [-0.25, -0.2) is 22.8 Å². The Morgan fingerprint density at radius 1 is 1.31 bits per heavy atom. The SMILES string of the molecule is Cn1ncc(CC(=O)NC2CCC(F)(CCN3CCc4nc(OCC(F)F)sc4CC3)CC2)c1F. The van der Waals surface area contributed by atoms with Gasteiger partial charge in [0.1, 0.15) is 5.67 Å². The van der Waals surface area contributed by atoms with Gasteiger partial charge in [0.25, 0.3) is 11.6 Å². The summed E-state index contributed by atoms with van der Waals surface area (Å²) in [7, 11) is 1.48. The van der Waals surface area contributed by atoms with Crippen LogP contribution in [0.3, 0.4) is 0 Å². The van der Waals surface area contributed by atoms with Crippen molar-refractivity contribution in [3.63, 3.8) is 0 Å². The zero-order valence-electron chi connectivity index (χ0n) is 19.7. The van der Waals surface area contributed by atoms with Crippen LogP contribution in [0.2, 0.25) is 0 Å². The highest BCUT2D eigenvalue weighted by Crippen LogP contribution is 2.35. The van der Waals surface area contributed by atoms with E-state index < -0.39 is 24.6 Å². The number of alkyl halides is 3. The van der Waals surface area contributed by atoms with Gasteiger partial charge in [-0.05, 0) is 38.5 Å². The highest BCUT2D eigenvalue weighted by Gasteiger charge is 2.36. The second kappa shape index (κ2) is 11.2. The lowest BCUT2D eigenvalue weighted by Crippen LogP contribution is -2.43. The number of carbonyl (C=O) groups is 1. The molecule has 1 aliphatic carbocycles. The predicted octanol–water partition coefficient (Wildman–Crippen LogP) is 3.46. The van der Waals surface area contributed by atoms with E-state index in [4.69, 9.17) is 4.74 Å². The Balaban J connectivity index is 1.17. The van der Waals surface area contributed by atoms with Crippen molar-refractivity contribution in [3.05, 3.63) is 28.3 Å². The Labute approximate surface area is 205 Å². The van der Waals surface area contributed by atoms with E-state index in [1.54, 1.807) is 0 Å². The summed E-state index contributed by atoms with van der Waals surface area (Å²) in [4.78, 5) is 19.9. The summed E-state index contributed by atoms with van der Waals surface area (Å²) in [5.74, 6) is -0.798. The maximum absolute atomic E-state index is 15.5. The summed E-state index contributed by atoms with van der Waals surface area (Å²) >= 11 is 1.32. The molecule has 4 rings (SSSR count). The van der Waals surface area contributed by atoms with Crippen LogP contribution >= 0.6 is 11.3 Å². The van der Waals surface area contributed by atoms with Crippen LogP contribution in [0.5, 0.6) is 5.19 Å². The van der Waals surface area contributed by atoms with Crippen molar-refractivity contribution in [1.29, 1.82) is 0 Å². The van der Waals surface area contributed by atoms with Crippen LogP contribution in [0.15, 0.2) is 6.20 Å². The maximum atomic E-state index is 15.5. The smallest absolute Gasteiger partial charge is 0.273 e. The first-order chi connectivity index (χ1) is 16.7. The van der Waals surface area contributed by atoms with Gasteiger partial charge in [-0.1, -0.05) is 11.3 Å². The number of nitrogens with zero attached hydrogens (tertiary/aromatic N) is 4. The second-order valence-corrected chi connectivity index (χ2v) is 10.4. The van der Waals surface area contributed by atoms with Crippen LogP contribution in [0, 0.1) is 5.95 Å². The molecular weight excluding hydrogens is 486 g/mol. The average Bonchev–Trinajstić information content (AvgIpc) is 3.30. The number of carbonyl (C=O) groups excluding carboxylic acids is 1. The number of amides is 1. The van der Waals surface area contributed by atoms with Crippen molar-refractivity contribution in [2.24, 2.45) is 7.05 Å². The Morgan fingerprint density at radius 2 is 2.06 bits per heavy atom. The van der Waals surface area contributed by atoms with Crippen LogP contribution in [0.1, 0.15) is 48.2 Å². The normalized spacial score (nSPS) is 23.2. The van der Waals surface area contributed by atoms with Crippen molar-refractivity contribution in [3.8, 4) is 5.19 Å². The van der Waals surface area contributed by atoms with E-state index in [0.29, 0.717) is 50.3 Å². The topological polar surface area (TPSA) is 72.3 Å². The molecule has 194 valence electrons. The number of hydrogen-bond acceptors (Lipinski definition) is 6. The molecule has 0 spiro atoms. The molecule has 0 aromatic carbocycles. The standard InChI is InChI=1S/C23H31F4N5O2S/c1-31-21(26)15(13-28-31)12-20(33)29-16-2-6-23(27,7-3-16)8-11-32-9-4-17-18(5-10-32)35-22(30-17)34-14-19(24)25/h13,16,19H,2-12,14H2,1H3,(H,29,33). The first-order valence-electron chi connectivity index (χ1n) is 12.0. The van der Waals surface area contributed by atoms with Gasteiger partial charge >= 0.3 is 0 Å². The van der Waals surface area contributed by atoms with Crippen molar-refractivity contribution in [2.75, 3.05) is 26.2 Å². The maximum Gasteiger partial charge on any atom is 0.273 e. The van der Waals surface area contributed by atoms with Crippen LogP contribution in [-0.4, -0.2) is 69.9 Å². The number of hydrogen-bond donors (Lipinski definition) is 1. The summed E-state index contributed by atoms with van der Waals surface area (Å²) in [5.41, 5.74) is -0.124. The zero-order valence-corrected chi connectivity index (χ0v) is 20.6. The number of thiazole rings is 1. The fraction of sp³-hybridized carbons (Fsp3) is 0.696. The summed E-state index contributed by atoms with van der Waals surface area (Å²) < 4.78 is 60.1. The molecule has 2 aromatic rings. The Morgan fingerprint density at radius 3 is 2.74 bits per heavy atom. The number of ether oxygens (including phenoxy) is 1. The average molecular weight is 518 g/mol. The molecule has 0 atom stereocenters. The minimum atomic E-state index is -2.52. The molecule has 1 aliphatic heterocycles. The molecule has 0 unspecified atom stereocenters. The number of nitrogens with one attached hydrogen (secondary N) is 1. The third-order valence-electron chi connectivity index (χ3n) is 6.82. The van der Waals surface area contributed by atoms with E-state index in [-0.39, 0.29) is 23.9 Å². The fourth-order valence-electron chi connectivity index (χ4n) is 4.73. The Bertz CT molecular complexity index is 981. The molecule has 3 heterocycles. The lowest BCUT2D eigenvalue weighted by atomic mass is 9.81. The van der Waals surface area contributed by atoms with Crippen molar-refractivity contribution in [1.82, 2.24) is 25.0 Å². The predicted molar refractivity (Wildman–Crippen MR) is 123 cm³/mol. The van der Waals surface area contributed by atoms with Gasteiger partial charge in [-0.3, -0.25) is 4.79 Å². The van der Waals surface area contributed by atoms with Gasteiger partial charge < -0.3 is 15.0 Å². The van der Waals surface area contributed by atoms with Gasteiger partial charge in [-0.2, -0.15) is 9.49 Å². The molecule has 1 amide bonds. The number of aryl methyl sites for hydroxylation is 1. The van der Waals surface area contributed by atoms with Gasteiger partial charge in [0.2, 0.25) is 11.9 Å². The summed E-state index contributed by atoms with van der Waals surface area (Å²) in [6, 6.07) is -0.104. The van der Waals surface area contributed by atoms with Gasteiger partial charge in [0.15, 0.2) is 6.61 Å². The van der Waals surface area contributed by atoms with Gasteiger partial charge in [-0.15, -0.1) is 0 Å². The number of aromatic nitrogens is 3. The lowest BCUT2D eigenvalue weighted by Gasteiger charge is -2.35. The lowest BCUT2D eigenvalue weighted by molar-refractivity contribution is -0.121. The molecule has 0 saturated heterocycles. The Kier molecular flexibility index (Phi) is 8.31. The van der Waals surface area contributed by atoms with Crippen LogP contribution in [0.4, 0.5) is 17.6 Å². The van der Waals surface area contributed by atoms with Crippen LogP contribution < -0.4 is 10.1 Å². The minimum absolute atomic E-state index is 0.0773. The van der Waals surface area contributed by atoms with E-state index >= 15 is 4.39 Å². The molecule has 1 saturated carbocycles. The first kappa shape index (κ1) is 25.9.